The first-order valence-corrected chi connectivity index (χ1v) is 10.1. The Kier molecular flexibility index (Phi) is 5.86. The molecule has 0 spiro atoms. The lowest BCUT2D eigenvalue weighted by atomic mass is 10.2. The highest BCUT2D eigenvalue weighted by Crippen LogP contribution is 2.15. The Morgan fingerprint density at radius 3 is 2.36 bits per heavy atom. The molecular formula is C21H19N3O3S. The van der Waals surface area contributed by atoms with Gasteiger partial charge in [0, 0.05) is 17.4 Å². The third kappa shape index (κ3) is 5.28. The Balaban J connectivity index is 1.66. The van der Waals surface area contributed by atoms with Gasteiger partial charge in [0.25, 0.3) is 15.9 Å². The van der Waals surface area contributed by atoms with Crippen molar-refractivity contribution in [1.82, 2.24) is 4.98 Å². The molecule has 0 aliphatic rings. The van der Waals surface area contributed by atoms with Gasteiger partial charge in [-0.25, -0.2) is 13.4 Å². The number of carbonyl (C=O) groups is 1. The van der Waals surface area contributed by atoms with E-state index in [0.29, 0.717) is 17.1 Å². The van der Waals surface area contributed by atoms with Crippen molar-refractivity contribution in [2.24, 2.45) is 0 Å². The summed E-state index contributed by atoms with van der Waals surface area (Å²) in [5.41, 5.74) is 2.39. The summed E-state index contributed by atoms with van der Waals surface area (Å²) in [6.45, 7) is 1.85. The molecule has 28 heavy (non-hydrogen) atoms. The molecule has 0 saturated carbocycles. The molecule has 0 atom stereocenters. The van der Waals surface area contributed by atoms with Crippen molar-refractivity contribution in [1.29, 1.82) is 0 Å². The summed E-state index contributed by atoms with van der Waals surface area (Å²) in [7, 11) is -3.66. The molecule has 1 amide bonds. The second-order valence-electron chi connectivity index (χ2n) is 6.06. The fourth-order valence-electron chi connectivity index (χ4n) is 2.42. The molecule has 0 fully saturated rings. The predicted molar refractivity (Wildman–Crippen MR) is 111 cm³/mol. The summed E-state index contributed by atoms with van der Waals surface area (Å²) < 4.78 is 26.8. The highest BCUT2D eigenvalue weighted by molar-refractivity contribution is 7.95. The van der Waals surface area contributed by atoms with Crippen LogP contribution in [0.15, 0.2) is 78.3 Å². The number of anilines is 2. The van der Waals surface area contributed by atoms with E-state index < -0.39 is 10.0 Å². The maximum Gasteiger partial charge on any atom is 0.256 e. The zero-order chi connectivity index (χ0) is 20.0. The van der Waals surface area contributed by atoms with Crippen molar-refractivity contribution in [2.75, 3.05) is 10.0 Å². The monoisotopic (exact) mass is 393 g/mol. The number of sulfonamides is 1. The fourth-order valence-corrected chi connectivity index (χ4v) is 3.29. The standard InChI is InChI=1S/C21H19N3O3S/c1-16-6-5-14-22-20(16)23-21(25)18-9-11-19(12-10-18)24-28(26,27)15-13-17-7-3-2-4-8-17/h2-15,24H,1H3,(H,22,23,25)/b15-13+. The van der Waals surface area contributed by atoms with Crippen LogP contribution < -0.4 is 10.0 Å². The Bertz CT molecular complexity index is 1090. The van der Waals surface area contributed by atoms with Crippen LogP contribution >= 0.6 is 0 Å². The van der Waals surface area contributed by atoms with E-state index in [1.54, 1.807) is 24.4 Å². The van der Waals surface area contributed by atoms with Gasteiger partial charge >= 0.3 is 0 Å². The van der Waals surface area contributed by atoms with Crippen LogP contribution in [-0.4, -0.2) is 19.3 Å². The molecule has 0 unspecified atom stereocenters. The summed E-state index contributed by atoms with van der Waals surface area (Å²) >= 11 is 0. The minimum absolute atomic E-state index is 0.319. The summed E-state index contributed by atoms with van der Waals surface area (Å²) in [5.74, 6) is 0.170. The van der Waals surface area contributed by atoms with Gasteiger partial charge in [-0.3, -0.25) is 9.52 Å². The molecule has 1 aromatic heterocycles. The lowest BCUT2D eigenvalue weighted by molar-refractivity contribution is 0.102. The maximum absolute atomic E-state index is 12.3. The van der Waals surface area contributed by atoms with E-state index in [9.17, 15) is 13.2 Å². The number of rotatable bonds is 6. The number of pyridine rings is 1. The molecule has 6 nitrogen and oxygen atoms in total. The van der Waals surface area contributed by atoms with Gasteiger partial charge in [0.1, 0.15) is 5.82 Å². The molecular weight excluding hydrogens is 374 g/mol. The average Bonchev–Trinajstić information content (AvgIpc) is 2.69. The number of nitrogens with one attached hydrogen (secondary N) is 2. The molecule has 3 rings (SSSR count). The number of nitrogens with zero attached hydrogens (tertiary/aromatic N) is 1. The van der Waals surface area contributed by atoms with Crippen LogP contribution in [0.2, 0.25) is 0 Å². The number of aryl methyl sites for hydroxylation is 1. The van der Waals surface area contributed by atoms with Gasteiger partial charge in [-0.2, -0.15) is 0 Å². The summed E-state index contributed by atoms with van der Waals surface area (Å²) in [4.78, 5) is 16.4. The Hall–Kier alpha value is -3.45. The molecule has 7 heteroatoms. The first-order valence-electron chi connectivity index (χ1n) is 8.52. The highest BCUT2D eigenvalue weighted by atomic mass is 32.2. The molecule has 142 valence electrons. The Morgan fingerprint density at radius 1 is 0.964 bits per heavy atom. The summed E-state index contributed by atoms with van der Waals surface area (Å²) in [6, 6.07) is 18.9. The number of hydrogen-bond donors (Lipinski definition) is 2. The minimum Gasteiger partial charge on any atom is -0.306 e. The summed E-state index contributed by atoms with van der Waals surface area (Å²) in [6.07, 6.45) is 3.11. The van der Waals surface area contributed by atoms with Gasteiger partial charge in [-0.1, -0.05) is 36.4 Å². The smallest absolute Gasteiger partial charge is 0.256 e. The average molecular weight is 393 g/mol. The van der Waals surface area contributed by atoms with Gasteiger partial charge in [-0.15, -0.1) is 0 Å². The van der Waals surface area contributed by atoms with Crippen molar-refractivity contribution in [3.8, 4) is 0 Å². The van der Waals surface area contributed by atoms with Gasteiger partial charge in [0.05, 0.1) is 5.41 Å². The SMILES string of the molecule is Cc1cccnc1NC(=O)c1ccc(NS(=O)(=O)/C=C/c2ccccc2)cc1. The quantitative estimate of drug-likeness (QED) is 0.661. The fraction of sp³-hybridized carbons (Fsp3) is 0.0476. The minimum atomic E-state index is -3.66. The van der Waals surface area contributed by atoms with E-state index in [4.69, 9.17) is 0 Å². The van der Waals surface area contributed by atoms with Crippen molar-refractivity contribution in [2.45, 2.75) is 6.92 Å². The van der Waals surface area contributed by atoms with E-state index in [2.05, 4.69) is 15.0 Å². The zero-order valence-electron chi connectivity index (χ0n) is 15.2. The Labute approximate surface area is 164 Å². The lowest BCUT2D eigenvalue weighted by Gasteiger charge is -2.08. The highest BCUT2D eigenvalue weighted by Gasteiger charge is 2.10. The molecule has 2 aromatic carbocycles. The van der Waals surface area contributed by atoms with E-state index in [1.807, 2.05) is 43.3 Å². The van der Waals surface area contributed by atoms with Gasteiger partial charge in [0.15, 0.2) is 0 Å². The third-order valence-corrected chi connectivity index (χ3v) is 4.90. The molecule has 0 bridgehead atoms. The lowest BCUT2D eigenvalue weighted by Crippen LogP contribution is -2.14. The first-order chi connectivity index (χ1) is 13.4. The largest absolute Gasteiger partial charge is 0.306 e. The molecule has 0 aliphatic carbocycles. The van der Waals surface area contributed by atoms with Crippen molar-refractivity contribution in [3.63, 3.8) is 0 Å². The molecule has 2 N–H and O–H groups in total. The van der Waals surface area contributed by atoms with Gasteiger partial charge in [-0.05, 0) is 54.5 Å². The van der Waals surface area contributed by atoms with E-state index >= 15 is 0 Å². The number of aromatic nitrogens is 1. The number of carbonyl (C=O) groups excluding carboxylic acids is 1. The molecule has 0 saturated heterocycles. The van der Waals surface area contributed by atoms with Gasteiger partial charge < -0.3 is 5.32 Å². The van der Waals surface area contributed by atoms with Crippen LogP contribution in [0, 0.1) is 6.92 Å². The topological polar surface area (TPSA) is 88.2 Å². The zero-order valence-corrected chi connectivity index (χ0v) is 16.0. The van der Waals surface area contributed by atoms with Crippen LogP contribution in [0.1, 0.15) is 21.5 Å². The third-order valence-electron chi connectivity index (χ3n) is 3.89. The number of benzene rings is 2. The molecule has 3 aromatic rings. The van der Waals surface area contributed by atoms with Crippen LogP contribution in [0.25, 0.3) is 6.08 Å². The first kappa shape index (κ1) is 19.3. The molecule has 0 aliphatic heterocycles. The van der Waals surface area contributed by atoms with Gasteiger partial charge in [0.2, 0.25) is 0 Å². The molecule has 1 heterocycles. The summed E-state index contributed by atoms with van der Waals surface area (Å²) in [5, 5.41) is 3.84. The second-order valence-corrected chi connectivity index (χ2v) is 7.63. The van der Waals surface area contributed by atoms with Crippen molar-refractivity contribution in [3.05, 3.63) is 95.0 Å². The van der Waals surface area contributed by atoms with E-state index in [0.717, 1.165) is 16.5 Å². The second kappa shape index (κ2) is 8.49. The van der Waals surface area contributed by atoms with E-state index in [-0.39, 0.29) is 5.91 Å². The van der Waals surface area contributed by atoms with Crippen molar-refractivity contribution >= 4 is 33.5 Å². The molecule has 0 radical (unpaired) electrons. The Morgan fingerprint density at radius 2 is 1.68 bits per heavy atom. The van der Waals surface area contributed by atoms with Crippen molar-refractivity contribution < 1.29 is 13.2 Å². The normalized spacial score (nSPS) is 11.3. The number of amides is 1. The number of hydrogen-bond acceptors (Lipinski definition) is 4. The maximum atomic E-state index is 12.3. The van der Waals surface area contributed by atoms with E-state index in [1.165, 1.54) is 18.2 Å². The predicted octanol–water partition coefficient (Wildman–Crippen LogP) is 4.05. The van der Waals surface area contributed by atoms with Crippen LogP contribution in [0.5, 0.6) is 0 Å². The van der Waals surface area contributed by atoms with Crippen LogP contribution in [0.3, 0.4) is 0 Å². The van der Waals surface area contributed by atoms with Crippen LogP contribution in [0.4, 0.5) is 11.5 Å². The van der Waals surface area contributed by atoms with Crippen LogP contribution in [-0.2, 0) is 10.0 Å².